The number of thioether (sulfide) groups is 1. The van der Waals surface area contributed by atoms with Crippen molar-refractivity contribution in [3.8, 4) is 6.07 Å². The zero-order chi connectivity index (χ0) is 23.4. The van der Waals surface area contributed by atoms with E-state index in [-0.39, 0.29) is 5.91 Å². The molecule has 0 aliphatic heterocycles. The molecule has 0 saturated heterocycles. The van der Waals surface area contributed by atoms with Crippen molar-refractivity contribution in [2.45, 2.75) is 48.8 Å². The van der Waals surface area contributed by atoms with Crippen molar-refractivity contribution in [2.24, 2.45) is 0 Å². The van der Waals surface area contributed by atoms with Gasteiger partial charge in [0, 0.05) is 21.4 Å². The number of nitrogens with one attached hydrogen (secondary N) is 1. The first-order valence-corrected chi connectivity index (χ1v) is 12.5. The number of anilines is 1. The number of rotatable bonds is 6. The number of hydrogen-bond donors (Lipinski definition) is 1. The number of pyridine rings is 1. The van der Waals surface area contributed by atoms with Gasteiger partial charge in [0.1, 0.15) is 11.1 Å². The van der Waals surface area contributed by atoms with Crippen LogP contribution in [0.5, 0.6) is 0 Å². The van der Waals surface area contributed by atoms with E-state index < -0.39 is 5.25 Å². The minimum Gasteiger partial charge on any atom is -0.325 e. The van der Waals surface area contributed by atoms with E-state index in [4.69, 9.17) is 28.2 Å². The van der Waals surface area contributed by atoms with Crippen LogP contribution in [0.25, 0.3) is 0 Å². The van der Waals surface area contributed by atoms with Gasteiger partial charge in [-0.25, -0.2) is 4.98 Å². The quantitative estimate of drug-likeness (QED) is 0.372. The molecule has 1 aliphatic carbocycles. The predicted octanol–water partition coefficient (Wildman–Crippen LogP) is 7.04. The zero-order valence-electron chi connectivity index (χ0n) is 18.1. The predicted molar refractivity (Wildman–Crippen MR) is 135 cm³/mol. The molecule has 1 N–H and O–H groups in total. The van der Waals surface area contributed by atoms with Gasteiger partial charge in [-0.05, 0) is 67.0 Å². The minimum absolute atomic E-state index is 0.173. The van der Waals surface area contributed by atoms with Gasteiger partial charge in [-0.3, -0.25) is 4.79 Å². The standard InChI is InChI=1S/C26H23Cl2N3OS/c1-2-24(25(32)30-22-13-20(27)12-21(28)14-22)33-26-19(15-29)11-18-10-17(8-9-23(18)31-26)16-6-4-3-5-7-16/h3-7,11-14,17,24H,2,8-10H2,1H3,(H,30,32). The number of nitriles is 1. The molecule has 0 fully saturated rings. The van der Waals surface area contributed by atoms with Gasteiger partial charge in [0.15, 0.2) is 0 Å². The Bertz CT molecular complexity index is 1190. The van der Waals surface area contributed by atoms with Gasteiger partial charge < -0.3 is 5.32 Å². The summed E-state index contributed by atoms with van der Waals surface area (Å²) in [6.45, 7) is 1.94. The Morgan fingerprint density at radius 2 is 1.94 bits per heavy atom. The highest BCUT2D eigenvalue weighted by Crippen LogP contribution is 2.36. The molecule has 2 unspecified atom stereocenters. The van der Waals surface area contributed by atoms with Crippen molar-refractivity contribution in [3.05, 3.63) is 87.0 Å². The van der Waals surface area contributed by atoms with E-state index in [1.165, 1.54) is 17.3 Å². The maximum absolute atomic E-state index is 12.9. The second-order valence-electron chi connectivity index (χ2n) is 8.07. The highest BCUT2D eigenvalue weighted by atomic mass is 35.5. The second kappa shape index (κ2) is 10.6. The Balaban J connectivity index is 1.52. The normalized spacial score (nSPS) is 15.9. The molecule has 3 aromatic rings. The van der Waals surface area contributed by atoms with E-state index in [1.54, 1.807) is 18.2 Å². The molecule has 168 valence electrons. The Morgan fingerprint density at radius 1 is 1.21 bits per heavy atom. The van der Waals surface area contributed by atoms with Crippen molar-refractivity contribution in [3.63, 3.8) is 0 Å². The number of fused-ring (bicyclic) bond motifs is 1. The monoisotopic (exact) mass is 495 g/mol. The number of halogens is 2. The largest absolute Gasteiger partial charge is 0.325 e. The summed E-state index contributed by atoms with van der Waals surface area (Å²) in [6, 6.07) is 19.7. The first-order chi connectivity index (χ1) is 16.0. The first-order valence-electron chi connectivity index (χ1n) is 10.9. The molecule has 0 bridgehead atoms. The third-order valence-corrected chi connectivity index (χ3v) is 7.59. The summed E-state index contributed by atoms with van der Waals surface area (Å²) in [5, 5.41) is 13.8. The van der Waals surface area contributed by atoms with Crippen molar-refractivity contribution >= 4 is 46.6 Å². The van der Waals surface area contributed by atoms with Crippen LogP contribution < -0.4 is 5.32 Å². The molecule has 0 saturated carbocycles. The van der Waals surface area contributed by atoms with Gasteiger partial charge in [0.05, 0.1) is 10.8 Å². The van der Waals surface area contributed by atoms with Crippen LogP contribution in [-0.4, -0.2) is 16.1 Å². The van der Waals surface area contributed by atoms with Crippen LogP contribution in [0, 0.1) is 11.3 Å². The lowest BCUT2D eigenvalue weighted by Gasteiger charge is -2.25. The number of hydrogen-bond acceptors (Lipinski definition) is 4. The molecular formula is C26H23Cl2N3OS. The first kappa shape index (κ1) is 23.6. The smallest absolute Gasteiger partial charge is 0.237 e. The van der Waals surface area contributed by atoms with Crippen LogP contribution in [0.4, 0.5) is 5.69 Å². The van der Waals surface area contributed by atoms with Gasteiger partial charge in [0.25, 0.3) is 0 Å². The summed E-state index contributed by atoms with van der Waals surface area (Å²) in [6.07, 6.45) is 3.34. The number of aryl methyl sites for hydroxylation is 1. The van der Waals surface area contributed by atoms with Crippen molar-refractivity contribution in [2.75, 3.05) is 5.32 Å². The minimum atomic E-state index is -0.402. The Morgan fingerprint density at radius 3 is 2.61 bits per heavy atom. The summed E-state index contributed by atoms with van der Waals surface area (Å²) in [4.78, 5) is 17.8. The third kappa shape index (κ3) is 5.70. The van der Waals surface area contributed by atoms with Crippen molar-refractivity contribution in [1.82, 2.24) is 4.98 Å². The highest BCUT2D eigenvalue weighted by molar-refractivity contribution is 8.00. The topological polar surface area (TPSA) is 65.8 Å². The summed E-state index contributed by atoms with van der Waals surface area (Å²) in [7, 11) is 0. The molecule has 1 heterocycles. The maximum Gasteiger partial charge on any atom is 0.237 e. The lowest BCUT2D eigenvalue weighted by Crippen LogP contribution is -2.25. The molecule has 2 atom stereocenters. The SMILES string of the molecule is CCC(Sc1nc2c(cc1C#N)CC(c1ccccc1)CC2)C(=O)Nc1cc(Cl)cc(Cl)c1. The van der Waals surface area contributed by atoms with Crippen LogP contribution in [0.1, 0.15) is 48.1 Å². The number of aromatic nitrogens is 1. The fraction of sp³-hybridized carbons (Fsp3) is 0.269. The van der Waals surface area contributed by atoms with Gasteiger partial charge in [-0.15, -0.1) is 0 Å². The van der Waals surface area contributed by atoms with E-state index in [2.05, 4.69) is 35.7 Å². The molecular weight excluding hydrogens is 473 g/mol. The van der Waals surface area contributed by atoms with Crippen LogP contribution >= 0.6 is 35.0 Å². The fourth-order valence-electron chi connectivity index (χ4n) is 4.13. The summed E-state index contributed by atoms with van der Waals surface area (Å²) < 4.78 is 0. The van der Waals surface area contributed by atoms with E-state index in [1.807, 2.05) is 19.1 Å². The summed E-state index contributed by atoms with van der Waals surface area (Å²) >= 11 is 13.4. The van der Waals surface area contributed by atoms with E-state index >= 15 is 0 Å². The Labute approximate surface area is 208 Å². The zero-order valence-corrected chi connectivity index (χ0v) is 20.5. The number of benzene rings is 2. The van der Waals surface area contributed by atoms with Crippen LogP contribution in [0.3, 0.4) is 0 Å². The van der Waals surface area contributed by atoms with Crippen molar-refractivity contribution < 1.29 is 4.79 Å². The molecule has 33 heavy (non-hydrogen) atoms. The van der Waals surface area contributed by atoms with E-state index in [9.17, 15) is 10.1 Å². The molecule has 7 heteroatoms. The lowest BCUT2D eigenvalue weighted by molar-refractivity contribution is -0.115. The van der Waals surface area contributed by atoms with Gasteiger partial charge >= 0.3 is 0 Å². The summed E-state index contributed by atoms with van der Waals surface area (Å²) in [5.74, 6) is 0.262. The van der Waals surface area contributed by atoms with Crippen LogP contribution in [-0.2, 0) is 17.6 Å². The Hall–Kier alpha value is -2.52. The van der Waals surface area contributed by atoms with Gasteiger partial charge in [-0.2, -0.15) is 5.26 Å². The number of carbonyl (C=O) groups excluding carboxylic acids is 1. The van der Waals surface area contributed by atoms with Gasteiger partial charge in [0.2, 0.25) is 5.91 Å². The molecule has 1 amide bonds. The van der Waals surface area contributed by atoms with Gasteiger partial charge in [-0.1, -0.05) is 72.2 Å². The molecule has 1 aromatic heterocycles. The summed E-state index contributed by atoms with van der Waals surface area (Å²) in [5.41, 5.74) is 4.54. The van der Waals surface area contributed by atoms with Crippen molar-refractivity contribution in [1.29, 1.82) is 5.26 Å². The Kier molecular flexibility index (Phi) is 7.60. The molecule has 0 radical (unpaired) electrons. The molecule has 1 aliphatic rings. The molecule has 2 aromatic carbocycles. The van der Waals surface area contributed by atoms with Crippen LogP contribution in [0.15, 0.2) is 59.6 Å². The number of carbonyl (C=O) groups is 1. The maximum atomic E-state index is 12.9. The second-order valence-corrected chi connectivity index (χ2v) is 10.1. The number of nitrogens with zero attached hydrogens (tertiary/aromatic N) is 2. The lowest BCUT2D eigenvalue weighted by atomic mass is 9.82. The fourth-order valence-corrected chi connectivity index (χ4v) is 5.65. The molecule has 4 nitrogen and oxygen atoms in total. The molecule has 0 spiro atoms. The number of amides is 1. The van der Waals surface area contributed by atoms with Crippen LogP contribution in [0.2, 0.25) is 10.0 Å². The average molecular weight is 496 g/mol. The van der Waals surface area contributed by atoms with E-state index in [0.717, 1.165) is 30.5 Å². The van der Waals surface area contributed by atoms with E-state index in [0.29, 0.717) is 38.7 Å². The average Bonchev–Trinajstić information content (AvgIpc) is 2.81. The molecule has 4 rings (SSSR count). The third-order valence-electron chi connectivity index (χ3n) is 5.79. The highest BCUT2D eigenvalue weighted by Gasteiger charge is 2.26.